The van der Waals surface area contributed by atoms with Gasteiger partial charge in [0.25, 0.3) is 0 Å². The molecule has 9 heteroatoms. The Balaban J connectivity index is 1.65. The molecule has 4 rings (SSSR count). The van der Waals surface area contributed by atoms with Crippen LogP contribution in [0.5, 0.6) is 0 Å². The van der Waals surface area contributed by atoms with Crippen LogP contribution >= 0.6 is 0 Å². The molecule has 0 fully saturated rings. The Morgan fingerprint density at radius 1 is 0.933 bits per heavy atom. The lowest BCUT2D eigenvalue weighted by Crippen LogP contribution is -2.25. The van der Waals surface area contributed by atoms with Gasteiger partial charge in [0, 0.05) is 39.1 Å². The molecule has 0 atom stereocenters. The minimum atomic E-state index is 0.444. The van der Waals surface area contributed by atoms with Crippen molar-refractivity contribution in [3.8, 4) is 0 Å². The Morgan fingerprint density at radius 2 is 1.73 bits per heavy atom. The van der Waals surface area contributed by atoms with Gasteiger partial charge in [-0.3, -0.25) is 10.3 Å². The summed E-state index contributed by atoms with van der Waals surface area (Å²) in [5, 5.41) is 6.53. The van der Waals surface area contributed by atoms with Crippen molar-refractivity contribution in [3.05, 3.63) is 54.4 Å². The lowest BCUT2D eigenvalue weighted by atomic mass is 10.3. The number of benzene rings is 1. The molecule has 0 aliphatic rings. The smallest absolute Gasteiger partial charge is 0.236 e. The number of para-hydroxylation sites is 2. The summed E-state index contributed by atoms with van der Waals surface area (Å²) in [4.78, 5) is 24.7. The summed E-state index contributed by atoms with van der Waals surface area (Å²) in [6, 6.07) is 11.9. The minimum absolute atomic E-state index is 0.444. The molecule has 3 heterocycles. The molecule has 2 N–H and O–H groups in total. The van der Waals surface area contributed by atoms with Crippen molar-refractivity contribution in [2.45, 2.75) is 20.4 Å². The van der Waals surface area contributed by atoms with Gasteiger partial charge in [0.15, 0.2) is 0 Å². The SMILES string of the molecule is CCN(CC)c1nc(NCc2cccnc2)nc(Nc2nc3ccccc3n2C)n1. The van der Waals surface area contributed by atoms with E-state index in [2.05, 4.69) is 54.3 Å². The lowest BCUT2D eigenvalue weighted by molar-refractivity contribution is 0.812. The molecule has 0 bridgehead atoms. The van der Waals surface area contributed by atoms with Gasteiger partial charge >= 0.3 is 0 Å². The second-order valence-electron chi connectivity index (χ2n) is 6.78. The Hall–Kier alpha value is -3.75. The molecule has 0 amide bonds. The largest absolute Gasteiger partial charge is 0.350 e. The van der Waals surface area contributed by atoms with Crippen LogP contribution in [-0.2, 0) is 13.6 Å². The van der Waals surface area contributed by atoms with Crippen LogP contribution in [0.25, 0.3) is 11.0 Å². The van der Waals surface area contributed by atoms with Crippen molar-refractivity contribution in [2.75, 3.05) is 28.6 Å². The Labute approximate surface area is 175 Å². The van der Waals surface area contributed by atoms with Gasteiger partial charge in [-0.1, -0.05) is 18.2 Å². The molecule has 0 aliphatic carbocycles. The molecule has 4 aromatic rings. The van der Waals surface area contributed by atoms with Crippen molar-refractivity contribution in [1.82, 2.24) is 29.5 Å². The number of fused-ring (bicyclic) bond motifs is 1. The molecule has 1 aromatic carbocycles. The van der Waals surface area contributed by atoms with Crippen molar-refractivity contribution < 1.29 is 0 Å². The topological polar surface area (TPSA) is 96.7 Å². The van der Waals surface area contributed by atoms with Crippen LogP contribution in [0.4, 0.5) is 23.8 Å². The second-order valence-corrected chi connectivity index (χ2v) is 6.78. The van der Waals surface area contributed by atoms with Crippen LogP contribution in [0.2, 0.25) is 0 Å². The van der Waals surface area contributed by atoms with E-state index in [1.807, 2.05) is 54.2 Å². The van der Waals surface area contributed by atoms with Crippen LogP contribution in [0.15, 0.2) is 48.8 Å². The molecule has 0 saturated carbocycles. The Bertz CT molecular complexity index is 1120. The number of imidazole rings is 1. The lowest BCUT2D eigenvalue weighted by Gasteiger charge is -2.19. The monoisotopic (exact) mass is 403 g/mol. The van der Waals surface area contributed by atoms with Gasteiger partial charge in [-0.05, 0) is 37.6 Å². The predicted octanol–water partition coefficient (Wildman–Crippen LogP) is 3.36. The van der Waals surface area contributed by atoms with E-state index in [0.717, 1.165) is 29.7 Å². The van der Waals surface area contributed by atoms with Gasteiger partial charge in [0.2, 0.25) is 23.8 Å². The molecule has 0 unspecified atom stereocenters. The van der Waals surface area contributed by atoms with Gasteiger partial charge < -0.3 is 14.8 Å². The molecule has 154 valence electrons. The van der Waals surface area contributed by atoms with Crippen LogP contribution < -0.4 is 15.5 Å². The summed E-state index contributed by atoms with van der Waals surface area (Å²) in [5.41, 5.74) is 3.00. The van der Waals surface area contributed by atoms with Gasteiger partial charge in [0.1, 0.15) is 0 Å². The second kappa shape index (κ2) is 8.73. The fourth-order valence-electron chi connectivity index (χ4n) is 3.19. The number of aryl methyl sites for hydroxylation is 1. The van der Waals surface area contributed by atoms with E-state index >= 15 is 0 Å². The Kier molecular flexibility index (Phi) is 5.69. The van der Waals surface area contributed by atoms with Crippen molar-refractivity contribution in [2.24, 2.45) is 7.05 Å². The van der Waals surface area contributed by atoms with Crippen LogP contribution in [0.1, 0.15) is 19.4 Å². The van der Waals surface area contributed by atoms with E-state index in [1.54, 1.807) is 6.20 Å². The number of nitrogens with zero attached hydrogens (tertiary/aromatic N) is 7. The predicted molar refractivity (Wildman–Crippen MR) is 119 cm³/mol. The zero-order valence-corrected chi connectivity index (χ0v) is 17.4. The number of hydrogen-bond donors (Lipinski definition) is 2. The van der Waals surface area contributed by atoms with Gasteiger partial charge in [-0.2, -0.15) is 15.0 Å². The third-order valence-corrected chi connectivity index (χ3v) is 4.85. The quantitative estimate of drug-likeness (QED) is 0.462. The fourth-order valence-corrected chi connectivity index (χ4v) is 3.19. The number of anilines is 4. The average molecular weight is 403 g/mol. The third kappa shape index (κ3) is 4.14. The molecule has 0 spiro atoms. The zero-order chi connectivity index (χ0) is 20.9. The maximum Gasteiger partial charge on any atom is 0.236 e. The molecule has 3 aromatic heterocycles. The number of nitrogens with one attached hydrogen (secondary N) is 2. The molecular formula is C21H25N9. The molecule has 30 heavy (non-hydrogen) atoms. The van der Waals surface area contributed by atoms with E-state index in [1.165, 1.54) is 0 Å². The maximum absolute atomic E-state index is 4.65. The summed E-state index contributed by atoms with van der Waals surface area (Å²) in [5.74, 6) is 2.23. The number of rotatable bonds is 8. The first-order valence-corrected chi connectivity index (χ1v) is 10.00. The van der Waals surface area contributed by atoms with Crippen LogP contribution in [0, 0.1) is 0 Å². The zero-order valence-electron chi connectivity index (χ0n) is 17.4. The van der Waals surface area contributed by atoms with Crippen molar-refractivity contribution in [3.63, 3.8) is 0 Å². The van der Waals surface area contributed by atoms with E-state index < -0.39 is 0 Å². The van der Waals surface area contributed by atoms with Gasteiger partial charge in [-0.15, -0.1) is 0 Å². The first-order valence-electron chi connectivity index (χ1n) is 10.00. The van der Waals surface area contributed by atoms with Crippen molar-refractivity contribution >= 4 is 34.8 Å². The molecular weight excluding hydrogens is 378 g/mol. The molecule has 0 radical (unpaired) electrons. The van der Waals surface area contributed by atoms with Crippen LogP contribution in [0.3, 0.4) is 0 Å². The highest BCUT2D eigenvalue weighted by Gasteiger charge is 2.14. The highest BCUT2D eigenvalue weighted by molar-refractivity contribution is 5.79. The first kappa shape index (κ1) is 19.6. The van der Waals surface area contributed by atoms with Gasteiger partial charge in [0.05, 0.1) is 11.0 Å². The molecule has 0 saturated heterocycles. The Morgan fingerprint density at radius 3 is 2.47 bits per heavy atom. The maximum atomic E-state index is 4.65. The standard InChI is InChI=1S/C21H25N9/c1-4-30(5-2)21-26-18(23-14-15-9-8-12-22-13-15)25-19(28-21)27-20-24-16-10-6-7-11-17(16)29(20)3/h6-13H,4-5,14H2,1-3H3,(H2,23,24,25,26,27,28). The summed E-state index contributed by atoms with van der Waals surface area (Å²) < 4.78 is 1.99. The summed E-state index contributed by atoms with van der Waals surface area (Å²) >= 11 is 0. The first-order chi connectivity index (χ1) is 14.7. The average Bonchev–Trinajstić information content (AvgIpc) is 3.09. The van der Waals surface area contributed by atoms with E-state index in [-0.39, 0.29) is 0 Å². The summed E-state index contributed by atoms with van der Waals surface area (Å²) in [6.45, 7) is 6.33. The summed E-state index contributed by atoms with van der Waals surface area (Å²) in [7, 11) is 1.96. The van der Waals surface area contributed by atoms with E-state index in [9.17, 15) is 0 Å². The number of aromatic nitrogens is 6. The number of pyridine rings is 1. The fraction of sp³-hybridized carbons (Fsp3) is 0.286. The number of hydrogen-bond acceptors (Lipinski definition) is 8. The van der Waals surface area contributed by atoms with Crippen LogP contribution in [-0.4, -0.2) is 42.6 Å². The molecule has 0 aliphatic heterocycles. The van der Waals surface area contributed by atoms with E-state index in [4.69, 9.17) is 0 Å². The molecule has 9 nitrogen and oxygen atoms in total. The van der Waals surface area contributed by atoms with Gasteiger partial charge in [-0.25, -0.2) is 4.98 Å². The van der Waals surface area contributed by atoms with Crippen molar-refractivity contribution in [1.29, 1.82) is 0 Å². The summed E-state index contributed by atoms with van der Waals surface area (Å²) in [6.07, 6.45) is 3.57. The minimum Gasteiger partial charge on any atom is -0.350 e. The normalized spacial score (nSPS) is 10.9. The highest BCUT2D eigenvalue weighted by atomic mass is 15.3. The third-order valence-electron chi connectivity index (χ3n) is 4.85. The highest BCUT2D eigenvalue weighted by Crippen LogP contribution is 2.21. The van der Waals surface area contributed by atoms with E-state index in [0.29, 0.717) is 30.3 Å².